The summed E-state index contributed by atoms with van der Waals surface area (Å²) in [7, 11) is 0. The summed E-state index contributed by atoms with van der Waals surface area (Å²) in [5, 5.41) is 4.26. The van der Waals surface area contributed by atoms with Gasteiger partial charge in [-0.25, -0.2) is 4.98 Å². The van der Waals surface area contributed by atoms with Crippen molar-refractivity contribution in [2.24, 2.45) is 0 Å². The molecular formula is C14H19N3S. The van der Waals surface area contributed by atoms with E-state index in [1.54, 1.807) is 0 Å². The molecule has 0 unspecified atom stereocenters. The van der Waals surface area contributed by atoms with Crippen LogP contribution in [0.5, 0.6) is 0 Å². The number of nitrogens with one attached hydrogen (secondary N) is 1. The van der Waals surface area contributed by atoms with Crippen molar-refractivity contribution in [1.82, 2.24) is 9.36 Å². The van der Waals surface area contributed by atoms with Gasteiger partial charge in [0.25, 0.3) is 0 Å². The first-order chi connectivity index (χ1) is 8.70. The van der Waals surface area contributed by atoms with E-state index in [1.807, 2.05) is 0 Å². The maximum absolute atomic E-state index is 4.48. The van der Waals surface area contributed by atoms with Gasteiger partial charge in [0.2, 0.25) is 5.13 Å². The number of anilines is 1. The molecule has 1 N–H and O–H groups in total. The lowest BCUT2D eigenvalue weighted by Gasteiger charge is -2.07. The maximum Gasteiger partial charge on any atom is 0.202 e. The molecule has 0 bridgehead atoms. The van der Waals surface area contributed by atoms with E-state index < -0.39 is 0 Å². The molecule has 4 heteroatoms. The van der Waals surface area contributed by atoms with Gasteiger partial charge in [0.1, 0.15) is 5.82 Å². The predicted molar refractivity (Wildman–Crippen MR) is 77.1 cm³/mol. The minimum Gasteiger partial charge on any atom is -0.356 e. The van der Waals surface area contributed by atoms with Crippen LogP contribution >= 0.6 is 11.5 Å². The van der Waals surface area contributed by atoms with Crippen LogP contribution in [-0.4, -0.2) is 9.36 Å². The lowest BCUT2D eigenvalue weighted by Crippen LogP contribution is -2.02. The second-order valence-electron chi connectivity index (χ2n) is 4.59. The van der Waals surface area contributed by atoms with Gasteiger partial charge in [-0.15, -0.1) is 0 Å². The summed E-state index contributed by atoms with van der Waals surface area (Å²) < 4.78 is 4.34. The zero-order chi connectivity index (χ0) is 13.0. The van der Waals surface area contributed by atoms with Gasteiger partial charge in [-0.3, -0.25) is 0 Å². The van der Waals surface area contributed by atoms with Crippen LogP contribution in [-0.2, 0) is 13.0 Å². The first-order valence-corrected chi connectivity index (χ1v) is 7.12. The van der Waals surface area contributed by atoms with Crippen LogP contribution in [0, 0.1) is 0 Å². The minimum atomic E-state index is 0.389. The van der Waals surface area contributed by atoms with E-state index in [0.29, 0.717) is 5.92 Å². The Labute approximate surface area is 112 Å². The zero-order valence-electron chi connectivity index (χ0n) is 11.1. The summed E-state index contributed by atoms with van der Waals surface area (Å²) in [6, 6.07) is 8.51. The Hall–Kier alpha value is -1.42. The first kappa shape index (κ1) is 13.0. The summed E-state index contributed by atoms with van der Waals surface area (Å²) in [4.78, 5) is 4.48. The molecule has 0 aliphatic rings. The highest BCUT2D eigenvalue weighted by Gasteiger charge is 2.07. The number of aromatic nitrogens is 2. The van der Waals surface area contributed by atoms with Crippen LogP contribution in [0.4, 0.5) is 5.13 Å². The van der Waals surface area contributed by atoms with Crippen LogP contribution in [0.25, 0.3) is 0 Å². The summed E-state index contributed by atoms with van der Waals surface area (Å²) in [5.74, 6) is 1.31. The SMILES string of the molecule is CCc1ccccc1CNc1nc(C(C)C)ns1. The van der Waals surface area contributed by atoms with Crippen molar-refractivity contribution in [3.63, 3.8) is 0 Å². The highest BCUT2D eigenvalue weighted by molar-refractivity contribution is 7.09. The van der Waals surface area contributed by atoms with E-state index in [9.17, 15) is 0 Å². The molecule has 0 saturated heterocycles. The summed E-state index contributed by atoms with van der Waals surface area (Å²) in [5.41, 5.74) is 2.72. The second kappa shape index (κ2) is 5.96. The molecule has 96 valence electrons. The predicted octanol–water partition coefficient (Wildman–Crippen LogP) is 3.84. The maximum atomic E-state index is 4.48. The molecule has 0 saturated carbocycles. The number of hydrogen-bond donors (Lipinski definition) is 1. The van der Waals surface area contributed by atoms with E-state index in [4.69, 9.17) is 0 Å². The lowest BCUT2D eigenvalue weighted by molar-refractivity contribution is 0.799. The molecule has 0 fully saturated rings. The molecule has 2 rings (SSSR count). The standard InChI is InChI=1S/C14H19N3S/c1-4-11-7-5-6-8-12(11)9-15-14-16-13(10(2)3)17-18-14/h5-8,10H,4,9H2,1-3H3,(H,15,16,17). The van der Waals surface area contributed by atoms with Crippen molar-refractivity contribution < 1.29 is 0 Å². The molecule has 0 aliphatic carbocycles. The number of hydrogen-bond acceptors (Lipinski definition) is 4. The Kier molecular flexibility index (Phi) is 4.31. The fourth-order valence-corrected chi connectivity index (χ4v) is 2.49. The molecule has 0 aliphatic heterocycles. The molecule has 1 heterocycles. The molecule has 3 nitrogen and oxygen atoms in total. The van der Waals surface area contributed by atoms with Crippen molar-refractivity contribution in [1.29, 1.82) is 0 Å². The topological polar surface area (TPSA) is 37.8 Å². The summed E-state index contributed by atoms with van der Waals surface area (Å²) >= 11 is 1.44. The van der Waals surface area contributed by atoms with Crippen molar-refractivity contribution in [3.05, 3.63) is 41.2 Å². The second-order valence-corrected chi connectivity index (χ2v) is 5.34. The minimum absolute atomic E-state index is 0.389. The largest absolute Gasteiger partial charge is 0.356 e. The van der Waals surface area contributed by atoms with Crippen molar-refractivity contribution in [3.8, 4) is 0 Å². The zero-order valence-corrected chi connectivity index (χ0v) is 11.9. The molecule has 18 heavy (non-hydrogen) atoms. The average Bonchev–Trinajstić information content (AvgIpc) is 2.85. The van der Waals surface area contributed by atoms with Gasteiger partial charge in [0.05, 0.1) is 0 Å². The molecule has 2 aromatic rings. The number of rotatable bonds is 5. The Morgan fingerprint density at radius 3 is 2.56 bits per heavy atom. The van der Waals surface area contributed by atoms with E-state index in [-0.39, 0.29) is 0 Å². The fraction of sp³-hybridized carbons (Fsp3) is 0.429. The van der Waals surface area contributed by atoms with Gasteiger partial charge in [-0.1, -0.05) is 45.0 Å². The highest BCUT2D eigenvalue weighted by atomic mass is 32.1. The molecule has 1 aromatic carbocycles. The van der Waals surface area contributed by atoms with E-state index in [0.717, 1.165) is 23.9 Å². The van der Waals surface area contributed by atoms with Crippen molar-refractivity contribution in [2.75, 3.05) is 5.32 Å². The number of nitrogens with zero attached hydrogens (tertiary/aromatic N) is 2. The lowest BCUT2D eigenvalue weighted by atomic mass is 10.1. The summed E-state index contributed by atoms with van der Waals surface area (Å²) in [6.07, 6.45) is 1.06. The highest BCUT2D eigenvalue weighted by Crippen LogP contribution is 2.18. The third-order valence-corrected chi connectivity index (χ3v) is 3.57. The fourth-order valence-electron chi connectivity index (χ4n) is 1.79. The molecule has 0 radical (unpaired) electrons. The smallest absolute Gasteiger partial charge is 0.202 e. The third kappa shape index (κ3) is 3.07. The van der Waals surface area contributed by atoms with Gasteiger partial charge < -0.3 is 5.32 Å². The van der Waals surface area contributed by atoms with E-state index in [1.165, 1.54) is 22.7 Å². The van der Waals surface area contributed by atoms with Crippen LogP contribution in [0.2, 0.25) is 0 Å². The Morgan fingerprint density at radius 2 is 1.94 bits per heavy atom. The summed E-state index contributed by atoms with van der Waals surface area (Å²) in [6.45, 7) is 7.22. The van der Waals surface area contributed by atoms with E-state index >= 15 is 0 Å². The molecule has 1 aromatic heterocycles. The van der Waals surface area contributed by atoms with Gasteiger partial charge in [0.15, 0.2) is 0 Å². The normalized spacial score (nSPS) is 10.9. The van der Waals surface area contributed by atoms with Crippen LogP contribution in [0.3, 0.4) is 0 Å². The number of benzene rings is 1. The monoisotopic (exact) mass is 261 g/mol. The number of aryl methyl sites for hydroxylation is 1. The van der Waals surface area contributed by atoms with Gasteiger partial charge >= 0.3 is 0 Å². The van der Waals surface area contributed by atoms with Gasteiger partial charge in [0, 0.05) is 24.0 Å². The molecule has 0 atom stereocenters. The first-order valence-electron chi connectivity index (χ1n) is 6.35. The van der Waals surface area contributed by atoms with Crippen LogP contribution < -0.4 is 5.32 Å². The van der Waals surface area contributed by atoms with E-state index in [2.05, 4.69) is 59.7 Å². The Balaban J connectivity index is 2.02. The van der Waals surface area contributed by atoms with Gasteiger partial charge in [-0.05, 0) is 17.5 Å². The van der Waals surface area contributed by atoms with Gasteiger partial charge in [-0.2, -0.15) is 4.37 Å². The van der Waals surface area contributed by atoms with Crippen LogP contribution in [0.15, 0.2) is 24.3 Å². The average molecular weight is 261 g/mol. The van der Waals surface area contributed by atoms with Crippen molar-refractivity contribution in [2.45, 2.75) is 39.7 Å². The Morgan fingerprint density at radius 1 is 1.22 bits per heavy atom. The quantitative estimate of drug-likeness (QED) is 0.888. The molecular weight excluding hydrogens is 242 g/mol. The van der Waals surface area contributed by atoms with Crippen LogP contribution in [0.1, 0.15) is 43.6 Å². The Bertz CT molecular complexity index is 505. The molecule has 0 amide bonds. The third-order valence-electron chi connectivity index (χ3n) is 2.89. The van der Waals surface area contributed by atoms with Crippen molar-refractivity contribution >= 4 is 16.7 Å². The molecule has 0 spiro atoms.